The second-order valence-electron chi connectivity index (χ2n) is 11.4. The zero-order valence-corrected chi connectivity index (χ0v) is 39.3. The number of carbonyl (C=O) groups excluding carboxylic acids is 2. The van der Waals surface area contributed by atoms with Gasteiger partial charge in [-0.2, -0.15) is 7.11 Å². The minimum atomic E-state index is 0. The molecule has 59 heavy (non-hydrogen) atoms. The summed E-state index contributed by atoms with van der Waals surface area (Å²) in [6, 6.07) is 56.2. The molecule has 8 nitrogen and oxygen atoms in total. The second kappa shape index (κ2) is 32.3. The molecule has 0 atom stereocenters. The van der Waals surface area contributed by atoms with Crippen LogP contribution in [0.5, 0.6) is 0 Å². The summed E-state index contributed by atoms with van der Waals surface area (Å²) >= 11 is 6.79. The van der Waals surface area contributed by atoms with Gasteiger partial charge in [-0.05, 0) is 44.2 Å². The van der Waals surface area contributed by atoms with Crippen molar-refractivity contribution in [2.75, 3.05) is 13.7 Å². The largest absolute Gasteiger partial charge is 1.00 e. The van der Waals surface area contributed by atoms with Crippen LogP contribution in [-0.2, 0) is 0 Å². The van der Waals surface area contributed by atoms with E-state index in [0.717, 1.165) is 67.4 Å². The van der Waals surface area contributed by atoms with Gasteiger partial charge in [0.05, 0.1) is 11.4 Å². The van der Waals surface area contributed by atoms with Gasteiger partial charge in [-0.3, -0.25) is 15.0 Å². The molecule has 0 saturated heterocycles. The molecule has 0 bridgehead atoms. The van der Waals surface area contributed by atoms with Crippen LogP contribution in [0.2, 0.25) is 0 Å². The van der Waals surface area contributed by atoms with Gasteiger partial charge in [0.1, 0.15) is 12.1 Å². The quantitative estimate of drug-likeness (QED) is 0.0507. The predicted octanol–water partition coefficient (Wildman–Crippen LogP) is 7.76. The summed E-state index contributed by atoms with van der Waals surface area (Å²) in [4.78, 5) is 30.4. The number of hydrogen-bond donors (Lipinski definition) is 3. The molecule has 300 valence electrons. The Bertz CT molecular complexity index is 2120. The number of carbonyl (C=O) groups is 2. The van der Waals surface area contributed by atoms with Crippen molar-refractivity contribution in [3.63, 3.8) is 0 Å². The zero-order valence-electron chi connectivity index (χ0n) is 33.3. The summed E-state index contributed by atoms with van der Waals surface area (Å²) in [5, 5.41) is 22.8. The number of nitrogens with zero attached hydrogens (tertiary/aromatic N) is 2. The molecular formula is C47H46Br2ClN4NaO4. The number of amidine groups is 1. The summed E-state index contributed by atoms with van der Waals surface area (Å²) in [6.45, 7) is 3.50. The molecule has 1 aromatic heterocycles. The third-order valence-corrected chi connectivity index (χ3v) is 8.18. The van der Waals surface area contributed by atoms with E-state index in [9.17, 15) is 9.59 Å². The fraction of sp³-hybridized carbons (Fsp3) is 0.0851. The van der Waals surface area contributed by atoms with E-state index < -0.39 is 0 Å². The average Bonchev–Trinajstić information content (AvgIpc) is 3.26. The zero-order chi connectivity index (χ0) is 41.8. The maximum absolute atomic E-state index is 10.6. The number of Topliss-reactive ketones (excluding diaryl/α,β-unsaturated/α-hetero) is 1. The Morgan fingerprint density at radius 1 is 0.644 bits per heavy atom. The molecule has 6 aromatic carbocycles. The number of nitrogen functional groups attached to an aromatic ring is 1. The van der Waals surface area contributed by atoms with Crippen LogP contribution in [0, 0.1) is 5.41 Å². The summed E-state index contributed by atoms with van der Waals surface area (Å²) in [6.07, 6.45) is 0.824. The van der Waals surface area contributed by atoms with E-state index in [-0.39, 0.29) is 60.2 Å². The minimum absolute atomic E-state index is 0. The molecule has 0 aliphatic rings. The standard InChI is InChI=1S/C22H15BrN2.C8H8O.C7H5BrO.C7H8N2.C2H6O.CH3O.ClH.Na/c23-19-13-7-12-18(14-19)21-15-20(16-8-3-1-4-9-16)24-22(25-21)17-10-5-2-6-11-17;1-7(9)8-5-3-2-4-6-8;8-7-3-1-2-6(4-7)5-9;8-7(9)6-4-2-1-3-5-6;1-2-3;1-2;;/h1-15H;2-6H,1H3;1-5H;1-5H,(H3,8,9);3H,2H2,1H3;1H3;1H;/q;;;;;-1;;+1. The summed E-state index contributed by atoms with van der Waals surface area (Å²) in [7, 11) is 0.750. The molecule has 4 N–H and O–H groups in total. The predicted molar refractivity (Wildman–Crippen MR) is 245 cm³/mol. The molecule has 1 heterocycles. The number of aliphatic hydroxyl groups is 1. The third kappa shape index (κ3) is 21.3. The van der Waals surface area contributed by atoms with Gasteiger partial charge in [0.2, 0.25) is 0 Å². The van der Waals surface area contributed by atoms with Crippen molar-refractivity contribution in [3.05, 3.63) is 202 Å². The minimum Gasteiger partial charge on any atom is -0.857 e. The van der Waals surface area contributed by atoms with Gasteiger partial charge in [0.15, 0.2) is 11.6 Å². The number of halogens is 3. The topological polar surface area (TPSA) is 153 Å². The molecule has 7 rings (SSSR count). The first kappa shape index (κ1) is 54.4. The number of nitrogens with two attached hydrogens (primary N) is 1. The maximum Gasteiger partial charge on any atom is 1.00 e. The van der Waals surface area contributed by atoms with Crippen LogP contribution in [0.3, 0.4) is 0 Å². The van der Waals surface area contributed by atoms with Crippen molar-refractivity contribution in [1.29, 1.82) is 5.41 Å². The second-order valence-corrected chi connectivity index (χ2v) is 13.2. The van der Waals surface area contributed by atoms with E-state index in [1.165, 1.54) is 0 Å². The molecule has 0 spiro atoms. The Kier molecular flexibility index (Phi) is 29.7. The molecule has 0 radical (unpaired) electrons. The molecular weight excluding hydrogens is 903 g/mol. The Morgan fingerprint density at radius 3 is 1.41 bits per heavy atom. The Balaban J connectivity index is 0.000000822. The monoisotopic (exact) mass is 946 g/mol. The summed E-state index contributed by atoms with van der Waals surface area (Å²) < 4.78 is 1.97. The molecule has 12 heteroatoms. The summed E-state index contributed by atoms with van der Waals surface area (Å²) in [5.41, 5.74) is 12.4. The Labute approximate surface area is 392 Å². The van der Waals surface area contributed by atoms with E-state index in [4.69, 9.17) is 31.3 Å². The number of aromatic nitrogens is 2. The van der Waals surface area contributed by atoms with E-state index in [2.05, 4.69) is 56.1 Å². The van der Waals surface area contributed by atoms with Crippen LogP contribution >= 0.6 is 44.3 Å². The SMILES string of the molecule is Brc1cccc(-c2cc(-c3ccccc3)nc(-c3ccccc3)n2)c1.CC(=O)c1ccccc1.CCO.C[O-].Cl.N=C(N)c1ccccc1.O=Cc1cccc(Br)c1.[Na+]. The molecule has 7 aromatic rings. The van der Waals surface area contributed by atoms with Crippen LogP contribution < -0.4 is 40.4 Å². The maximum atomic E-state index is 10.6. The van der Waals surface area contributed by atoms with Crippen molar-refractivity contribution in [3.8, 4) is 33.9 Å². The first-order valence-corrected chi connectivity index (χ1v) is 19.2. The first-order chi connectivity index (χ1) is 27.6. The van der Waals surface area contributed by atoms with Crippen molar-refractivity contribution < 1.29 is 49.4 Å². The third-order valence-electron chi connectivity index (χ3n) is 7.20. The Hall–Kier alpha value is -4.62. The number of hydrogen-bond acceptors (Lipinski definition) is 7. The Morgan fingerprint density at radius 2 is 1.03 bits per heavy atom. The molecule has 0 aliphatic heterocycles. The van der Waals surface area contributed by atoms with Gasteiger partial charge in [0, 0.05) is 48.9 Å². The molecule has 0 amide bonds. The van der Waals surface area contributed by atoms with Crippen LogP contribution in [0.4, 0.5) is 0 Å². The van der Waals surface area contributed by atoms with E-state index >= 15 is 0 Å². The van der Waals surface area contributed by atoms with Gasteiger partial charge in [-0.15, -0.1) is 12.4 Å². The number of rotatable bonds is 6. The van der Waals surface area contributed by atoms with Gasteiger partial charge in [0.25, 0.3) is 0 Å². The number of ketones is 1. The van der Waals surface area contributed by atoms with Crippen LogP contribution in [-0.4, -0.2) is 46.7 Å². The first-order valence-electron chi connectivity index (χ1n) is 17.6. The fourth-order valence-corrected chi connectivity index (χ4v) is 5.40. The molecule has 0 unspecified atom stereocenters. The van der Waals surface area contributed by atoms with Crippen molar-refractivity contribution in [2.45, 2.75) is 13.8 Å². The average molecular weight is 949 g/mol. The summed E-state index contributed by atoms with van der Waals surface area (Å²) in [5.74, 6) is 0.975. The van der Waals surface area contributed by atoms with Crippen molar-refractivity contribution >= 4 is 62.2 Å². The molecule has 0 aliphatic carbocycles. The number of aldehydes is 1. The van der Waals surface area contributed by atoms with Gasteiger partial charge in [-0.1, -0.05) is 177 Å². The number of benzene rings is 6. The molecule has 0 saturated carbocycles. The van der Waals surface area contributed by atoms with E-state index in [0.29, 0.717) is 5.56 Å². The molecule has 0 fully saturated rings. The van der Waals surface area contributed by atoms with Crippen LogP contribution in [0.1, 0.15) is 40.1 Å². The van der Waals surface area contributed by atoms with Crippen molar-refractivity contribution in [2.24, 2.45) is 5.73 Å². The van der Waals surface area contributed by atoms with Gasteiger partial charge < -0.3 is 15.9 Å². The van der Waals surface area contributed by atoms with Crippen LogP contribution in [0.25, 0.3) is 33.9 Å². The van der Waals surface area contributed by atoms with Crippen LogP contribution in [0.15, 0.2) is 185 Å². The number of nitrogens with one attached hydrogen (secondary N) is 1. The van der Waals surface area contributed by atoms with Gasteiger partial charge in [-0.25, -0.2) is 9.97 Å². The van der Waals surface area contributed by atoms with Crippen molar-refractivity contribution in [1.82, 2.24) is 9.97 Å². The fourth-order valence-electron chi connectivity index (χ4n) is 4.59. The smallest absolute Gasteiger partial charge is 0.857 e. The van der Waals surface area contributed by atoms with E-state index in [1.807, 2.05) is 140 Å². The van der Waals surface area contributed by atoms with E-state index in [1.54, 1.807) is 26.0 Å². The normalized spacial score (nSPS) is 9.00. The van der Waals surface area contributed by atoms with Gasteiger partial charge >= 0.3 is 29.6 Å². The number of aliphatic hydroxyl groups excluding tert-OH is 1.